The van der Waals surface area contributed by atoms with Gasteiger partial charge in [-0.25, -0.2) is 4.57 Å². The van der Waals surface area contributed by atoms with E-state index in [1.807, 2.05) is 12.2 Å². The number of phosphoric acid groups is 1. The smallest absolute Gasteiger partial charge is 0.462 e. The highest BCUT2D eigenvalue weighted by Crippen LogP contribution is 2.36. The lowest BCUT2D eigenvalue weighted by Crippen LogP contribution is -2.43. The van der Waals surface area contributed by atoms with Gasteiger partial charge in [-0.15, -0.1) is 0 Å². The van der Waals surface area contributed by atoms with Gasteiger partial charge in [-0.05, 0) is 64.2 Å². The summed E-state index contributed by atoms with van der Waals surface area (Å²) < 4.78 is 32.0. The number of aliphatic hydroxyl groups excluding tert-OH is 3. The number of rotatable bonds is 33. The monoisotopic (exact) mass is 800 g/mol. The molecular formula is C42H73O12P. The van der Waals surface area contributed by atoms with Gasteiger partial charge < -0.3 is 39.3 Å². The molecule has 0 amide bonds. The Hall–Kier alpha value is -2.15. The van der Waals surface area contributed by atoms with Crippen LogP contribution in [0, 0.1) is 5.92 Å². The number of aliphatic hydroxyl groups is 3. The van der Waals surface area contributed by atoms with E-state index in [4.69, 9.17) is 24.0 Å². The van der Waals surface area contributed by atoms with Gasteiger partial charge in [-0.2, -0.15) is 0 Å². The average molecular weight is 801 g/mol. The third kappa shape index (κ3) is 29.7. The van der Waals surface area contributed by atoms with E-state index in [0.29, 0.717) is 32.1 Å². The van der Waals surface area contributed by atoms with Crippen LogP contribution >= 0.6 is 7.82 Å². The summed E-state index contributed by atoms with van der Waals surface area (Å²) in [7, 11) is -4.83. The number of esters is 2. The second kappa shape index (κ2) is 32.9. The second-order valence-electron chi connectivity index (χ2n) is 14.5. The molecule has 1 aliphatic rings. The van der Waals surface area contributed by atoms with Crippen LogP contribution in [0.3, 0.4) is 0 Å². The van der Waals surface area contributed by atoms with Gasteiger partial charge in [0.15, 0.2) is 12.4 Å². The summed E-state index contributed by atoms with van der Waals surface area (Å²) in [6, 6.07) is 0. The van der Waals surface area contributed by atoms with E-state index in [2.05, 4.69) is 42.7 Å². The molecule has 1 fully saturated rings. The lowest BCUT2D eigenvalue weighted by atomic mass is 9.87. The molecule has 0 spiro atoms. The molecule has 1 saturated heterocycles. The van der Waals surface area contributed by atoms with Crippen molar-refractivity contribution in [1.29, 1.82) is 0 Å². The molecule has 0 bridgehead atoms. The number of hydrogen-bond donors (Lipinski definition) is 5. The Balaban J connectivity index is 2.34. The van der Waals surface area contributed by atoms with Crippen molar-refractivity contribution >= 4 is 19.8 Å². The Morgan fingerprint density at radius 1 is 0.764 bits per heavy atom. The number of carbonyl (C=O) groups excluding carboxylic acids is 2. The van der Waals surface area contributed by atoms with Crippen LogP contribution in [0.4, 0.5) is 0 Å². The summed E-state index contributed by atoms with van der Waals surface area (Å²) in [6.45, 7) is 3.30. The van der Waals surface area contributed by atoms with Gasteiger partial charge in [0.05, 0.1) is 24.9 Å². The maximum absolute atomic E-state index is 12.4. The lowest BCUT2D eigenvalue weighted by Gasteiger charge is -2.36. The van der Waals surface area contributed by atoms with Crippen LogP contribution in [0.15, 0.2) is 48.6 Å². The van der Waals surface area contributed by atoms with E-state index in [1.165, 1.54) is 19.3 Å². The van der Waals surface area contributed by atoms with Gasteiger partial charge in [0.2, 0.25) is 0 Å². The summed E-state index contributed by atoms with van der Waals surface area (Å²) in [4.78, 5) is 43.1. The molecule has 6 atom stereocenters. The summed E-state index contributed by atoms with van der Waals surface area (Å²) in [5.74, 6) is -1.41. The van der Waals surface area contributed by atoms with E-state index in [0.717, 1.165) is 70.6 Å². The van der Waals surface area contributed by atoms with Crippen LogP contribution in [0.25, 0.3) is 0 Å². The molecule has 55 heavy (non-hydrogen) atoms. The van der Waals surface area contributed by atoms with Crippen molar-refractivity contribution in [3.05, 3.63) is 48.6 Å². The minimum Gasteiger partial charge on any atom is -0.462 e. The predicted molar refractivity (Wildman–Crippen MR) is 215 cm³/mol. The van der Waals surface area contributed by atoms with Gasteiger partial charge in [0.25, 0.3) is 0 Å². The molecule has 0 aromatic carbocycles. The maximum atomic E-state index is 12.4. The van der Waals surface area contributed by atoms with Crippen molar-refractivity contribution < 1.29 is 58.0 Å². The first-order chi connectivity index (χ1) is 26.4. The molecule has 0 aromatic heterocycles. The molecule has 0 saturated carbocycles. The number of unbranched alkanes of at least 4 members (excludes halogenated alkanes) is 12. The van der Waals surface area contributed by atoms with Gasteiger partial charge in [-0.1, -0.05) is 120 Å². The van der Waals surface area contributed by atoms with Crippen LogP contribution in [0.2, 0.25) is 0 Å². The summed E-state index contributed by atoms with van der Waals surface area (Å²) in [5.41, 5.74) is 0. The fourth-order valence-corrected chi connectivity index (χ4v) is 6.51. The van der Waals surface area contributed by atoms with Crippen molar-refractivity contribution in [2.24, 2.45) is 5.92 Å². The van der Waals surface area contributed by atoms with E-state index in [-0.39, 0.29) is 25.2 Å². The quantitative estimate of drug-likeness (QED) is 0.0185. The number of allylic oxidation sites excluding steroid dienone is 6. The van der Waals surface area contributed by atoms with Gasteiger partial charge >= 0.3 is 19.8 Å². The van der Waals surface area contributed by atoms with Crippen LogP contribution < -0.4 is 0 Å². The Bertz CT molecular complexity index is 1150. The summed E-state index contributed by atoms with van der Waals surface area (Å²) in [5, 5.41) is 30.8. The lowest BCUT2D eigenvalue weighted by molar-refractivity contribution is -0.199. The Morgan fingerprint density at radius 2 is 1.36 bits per heavy atom. The molecule has 0 radical (unpaired) electrons. The predicted octanol–water partition coefficient (Wildman–Crippen LogP) is 8.45. The average Bonchev–Trinajstić information content (AvgIpc) is 3.13. The molecule has 1 unspecified atom stereocenters. The van der Waals surface area contributed by atoms with Crippen LogP contribution in [0.5, 0.6) is 0 Å². The standard InChI is InChI=1S/C42H73O12P/c1-3-5-7-8-9-10-11-12-13-14-15-16-17-18-19-25-29-41(46)53-36(34-52-55(48,49)50)33-51-40(45)28-24-21-20-23-27-37-38(44)32-42(47)54-39(37)31-30-35(43)26-22-6-4-2/h9-10,12-13,20,23,30-31,35-39,42-44,47H,3-8,11,14-19,21-22,24-29,32-34H2,1-2H3,(H2,48,49,50)/b10-9-,13-12-,23-20-,31-30+/t35-,36+,37-,38-,39+,42?/m0/s1. The number of hydrogen-bond acceptors (Lipinski definition) is 10. The number of ether oxygens (including phenoxy) is 3. The highest BCUT2D eigenvalue weighted by Gasteiger charge is 2.35. The highest BCUT2D eigenvalue weighted by molar-refractivity contribution is 7.46. The molecule has 13 heteroatoms. The fraction of sp³-hybridized carbons (Fsp3) is 0.762. The van der Waals surface area contributed by atoms with Gasteiger partial charge in [0.1, 0.15) is 6.61 Å². The zero-order valence-corrected chi connectivity index (χ0v) is 34.5. The highest BCUT2D eigenvalue weighted by atomic mass is 31.2. The molecule has 0 aliphatic carbocycles. The molecule has 12 nitrogen and oxygen atoms in total. The minimum absolute atomic E-state index is 0.0693. The third-order valence-electron chi connectivity index (χ3n) is 9.37. The Labute approximate surface area is 330 Å². The van der Waals surface area contributed by atoms with Crippen LogP contribution in [-0.4, -0.2) is 81.0 Å². The van der Waals surface area contributed by atoms with Crippen LogP contribution in [-0.2, 0) is 32.9 Å². The molecule has 1 rings (SSSR count). The van der Waals surface area contributed by atoms with Crippen molar-refractivity contribution in [3.8, 4) is 0 Å². The minimum atomic E-state index is -4.83. The van der Waals surface area contributed by atoms with Crippen molar-refractivity contribution in [2.75, 3.05) is 13.2 Å². The molecule has 1 aliphatic heterocycles. The second-order valence-corrected chi connectivity index (χ2v) is 15.7. The normalized spacial score (nSPS) is 20.6. The molecule has 1 heterocycles. The number of carbonyl (C=O) groups is 2. The third-order valence-corrected chi connectivity index (χ3v) is 9.85. The largest absolute Gasteiger partial charge is 0.469 e. The first kappa shape index (κ1) is 50.9. The first-order valence-corrected chi connectivity index (χ1v) is 22.4. The van der Waals surface area contributed by atoms with E-state index in [9.17, 15) is 29.5 Å². The zero-order valence-electron chi connectivity index (χ0n) is 33.6. The van der Waals surface area contributed by atoms with E-state index in [1.54, 1.807) is 12.2 Å². The maximum Gasteiger partial charge on any atom is 0.469 e. The molecular weight excluding hydrogens is 727 g/mol. The van der Waals surface area contributed by atoms with E-state index >= 15 is 0 Å². The molecule has 318 valence electrons. The van der Waals surface area contributed by atoms with Crippen LogP contribution in [0.1, 0.15) is 155 Å². The van der Waals surface area contributed by atoms with Crippen molar-refractivity contribution in [1.82, 2.24) is 0 Å². The SMILES string of the molecule is CCCCC/C=C\C/C=C\CCCCCCCCC(=O)O[C@H](COC(=O)CCC/C=C\C[C@H]1[C@@H](O)CC(O)O[C@@H]1/C=C/[C@@H](O)CCCCC)COP(=O)(O)O. The Kier molecular flexibility index (Phi) is 30.4. The number of phosphoric ester groups is 1. The molecule has 5 N–H and O–H groups in total. The van der Waals surface area contributed by atoms with Crippen molar-refractivity contribution in [3.63, 3.8) is 0 Å². The Morgan fingerprint density at radius 3 is 2.05 bits per heavy atom. The first-order valence-electron chi connectivity index (χ1n) is 20.8. The van der Waals surface area contributed by atoms with E-state index < -0.39 is 63.7 Å². The zero-order chi connectivity index (χ0) is 40.6. The molecule has 0 aromatic rings. The topological polar surface area (TPSA) is 189 Å². The van der Waals surface area contributed by atoms with Gasteiger partial charge in [-0.3, -0.25) is 14.1 Å². The summed E-state index contributed by atoms with van der Waals surface area (Å²) in [6.07, 6.45) is 30.2. The van der Waals surface area contributed by atoms with Crippen molar-refractivity contribution in [2.45, 2.75) is 186 Å². The fourth-order valence-electron chi connectivity index (χ4n) is 6.15. The van der Waals surface area contributed by atoms with Gasteiger partial charge in [0, 0.05) is 25.2 Å². The summed E-state index contributed by atoms with van der Waals surface area (Å²) >= 11 is 0.